The molecule has 29 heavy (non-hydrogen) atoms. The fraction of sp³-hybridized carbons (Fsp3) is 0.706. The number of amides is 1. The summed E-state index contributed by atoms with van der Waals surface area (Å²) in [7, 11) is 0. The second-order valence-electron chi connectivity index (χ2n) is 6.81. The first-order chi connectivity index (χ1) is 13.0. The Kier molecular flexibility index (Phi) is 11.8. The van der Waals surface area contributed by atoms with Gasteiger partial charge in [0.15, 0.2) is 11.7 Å². The van der Waals surface area contributed by atoms with Crippen molar-refractivity contribution < 1.29 is 22.7 Å². The van der Waals surface area contributed by atoms with Gasteiger partial charge in [-0.3, -0.25) is 0 Å². The van der Waals surface area contributed by atoms with Crippen molar-refractivity contribution >= 4 is 47.4 Å². The number of rotatable bonds is 7. The van der Waals surface area contributed by atoms with E-state index in [1.807, 2.05) is 13.8 Å². The quantitative estimate of drug-likeness (QED) is 0.303. The van der Waals surface area contributed by atoms with Gasteiger partial charge in [-0.1, -0.05) is 0 Å². The molecular formula is C17H29F3IN5O2S. The van der Waals surface area contributed by atoms with Crippen molar-refractivity contribution in [3.8, 4) is 0 Å². The normalized spacial score (nSPS) is 12.2. The number of carbonyl (C=O) groups excluding carboxylic acids is 1. The number of aromatic nitrogens is 1. The van der Waals surface area contributed by atoms with Crippen LogP contribution in [0.3, 0.4) is 0 Å². The van der Waals surface area contributed by atoms with Crippen LogP contribution in [0.15, 0.2) is 10.4 Å². The van der Waals surface area contributed by atoms with Crippen LogP contribution in [0, 0.1) is 0 Å². The largest absolute Gasteiger partial charge is 0.444 e. The standard InChI is InChI=1S/C17H28F3N5O2S.HI/c1-6-21-14(23-10-13-24-12(11-28-13)17(18,19)20)22-8-9-25(7-2)15(26)27-16(3,4)5;/h11H,6-10H2,1-5H3,(H2,21,22,23);1H. The molecule has 1 rings (SSSR count). The van der Waals surface area contributed by atoms with Gasteiger partial charge in [0.25, 0.3) is 0 Å². The Labute approximate surface area is 190 Å². The number of thiazole rings is 1. The van der Waals surface area contributed by atoms with Gasteiger partial charge in [-0.2, -0.15) is 13.2 Å². The molecule has 7 nitrogen and oxygen atoms in total. The van der Waals surface area contributed by atoms with Crippen LogP contribution in [-0.2, 0) is 17.5 Å². The van der Waals surface area contributed by atoms with Crippen LogP contribution in [0.4, 0.5) is 18.0 Å². The molecule has 0 atom stereocenters. The van der Waals surface area contributed by atoms with Crippen molar-refractivity contribution in [2.45, 2.75) is 52.9 Å². The molecule has 0 unspecified atom stereocenters. The Morgan fingerprint density at radius 2 is 1.93 bits per heavy atom. The van der Waals surface area contributed by atoms with E-state index in [4.69, 9.17) is 4.74 Å². The van der Waals surface area contributed by atoms with Crippen molar-refractivity contribution in [1.82, 2.24) is 20.5 Å². The topological polar surface area (TPSA) is 78.9 Å². The van der Waals surface area contributed by atoms with Crippen LogP contribution in [0.5, 0.6) is 0 Å². The lowest BCUT2D eigenvalue weighted by Crippen LogP contribution is -2.44. The van der Waals surface area contributed by atoms with E-state index < -0.39 is 23.6 Å². The van der Waals surface area contributed by atoms with E-state index in [1.165, 1.54) is 0 Å². The highest BCUT2D eigenvalue weighted by Crippen LogP contribution is 2.30. The van der Waals surface area contributed by atoms with E-state index in [-0.39, 0.29) is 35.5 Å². The molecule has 1 heterocycles. The van der Waals surface area contributed by atoms with Crippen molar-refractivity contribution in [3.63, 3.8) is 0 Å². The second-order valence-corrected chi connectivity index (χ2v) is 7.75. The van der Waals surface area contributed by atoms with Gasteiger partial charge in [-0.05, 0) is 34.6 Å². The first kappa shape index (κ1) is 27.7. The van der Waals surface area contributed by atoms with Crippen LogP contribution in [0.1, 0.15) is 45.3 Å². The highest BCUT2D eigenvalue weighted by Gasteiger charge is 2.33. The summed E-state index contributed by atoms with van der Waals surface area (Å²) >= 11 is 0.915. The van der Waals surface area contributed by atoms with Gasteiger partial charge in [0, 0.05) is 31.6 Å². The molecule has 0 saturated heterocycles. The predicted molar refractivity (Wildman–Crippen MR) is 119 cm³/mol. The summed E-state index contributed by atoms with van der Waals surface area (Å²) < 4.78 is 43.2. The van der Waals surface area contributed by atoms with Gasteiger partial charge in [-0.25, -0.2) is 14.8 Å². The first-order valence-corrected chi connectivity index (χ1v) is 9.86. The number of ether oxygens (including phenoxy) is 1. The van der Waals surface area contributed by atoms with Crippen LogP contribution >= 0.6 is 35.3 Å². The lowest BCUT2D eigenvalue weighted by atomic mass is 10.2. The molecule has 0 aliphatic carbocycles. The van der Waals surface area contributed by atoms with E-state index in [1.54, 1.807) is 25.7 Å². The Balaban J connectivity index is 0.00000784. The molecule has 0 aromatic carbocycles. The summed E-state index contributed by atoms with van der Waals surface area (Å²) in [6.45, 7) is 11.0. The molecule has 0 bridgehead atoms. The van der Waals surface area contributed by atoms with Crippen LogP contribution in [0.2, 0.25) is 0 Å². The number of hydrogen-bond acceptors (Lipinski definition) is 5. The second kappa shape index (κ2) is 12.4. The van der Waals surface area contributed by atoms with Crippen molar-refractivity contribution in [3.05, 3.63) is 16.1 Å². The highest BCUT2D eigenvalue weighted by atomic mass is 127. The summed E-state index contributed by atoms with van der Waals surface area (Å²) in [4.78, 5) is 21.5. The maximum absolute atomic E-state index is 12.6. The zero-order chi connectivity index (χ0) is 21.4. The lowest BCUT2D eigenvalue weighted by molar-refractivity contribution is -0.140. The summed E-state index contributed by atoms with van der Waals surface area (Å²) in [5.74, 6) is 0.437. The fourth-order valence-corrected chi connectivity index (χ4v) is 2.74. The maximum atomic E-state index is 12.6. The molecule has 0 saturated carbocycles. The number of nitrogens with zero attached hydrogens (tertiary/aromatic N) is 3. The Morgan fingerprint density at radius 1 is 1.28 bits per heavy atom. The van der Waals surface area contributed by atoms with E-state index in [0.29, 0.717) is 32.1 Å². The molecule has 1 aromatic rings. The summed E-state index contributed by atoms with van der Waals surface area (Å²) in [5.41, 5.74) is -1.48. The minimum absolute atomic E-state index is 0. The SMILES string of the molecule is CCNC(=NCc1nc(C(F)(F)F)cs1)NCCN(CC)C(=O)OC(C)(C)C.I. The Morgan fingerprint density at radius 3 is 2.41 bits per heavy atom. The van der Waals surface area contributed by atoms with E-state index in [2.05, 4.69) is 20.6 Å². The number of carbonyl (C=O) groups is 1. The summed E-state index contributed by atoms with van der Waals surface area (Å²) in [6.07, 6.45) is -4.85. The fourth-order valence-electron chi connectivity index (χ4n) is 2.02. The third kappa shape index (κ3) is 10.9. The number of hydrogen-bond donors (Lipinski definition) is 2. The Bertz CT molecular complexity index is 662. The van der Waals surface area contributed by atoms with Gasteiger partial charge in [0.05, 0.1) is 6.54 Å². The molecule has 0 fully saturated rings. The molecule has 1 aromatic heterocycles. The van der Waals surface area contributed by atoms with Gasteiger partial charge >= 0.3 is 12.3 Å². The molecule has 0 spiro atoms. The van der Waals surface area contributed by atoms with Crippen LogP contribution in [0.25, 0.3) is 0 Å². The zero-order valence-electron chi connectivity index (χ0n) is 17.2. The molecular weight excluding hydrogens is 522 g/mol. The zero-order valence-corrected chi connectivity index (χ0v) is 20.4. The summed E-state index contributed by atoms with van der Waals surface area (Å²) in [5, 5.41) is 7.31. The monoisotopic (exact) mass is 551 g/mol. The minimum atomic E-state index is -4.45. The van der Waals surface area contributed by atoms with Gasteiger partial charge < -0.3 is 20.3 Å². The number of halogens is 4. The van der Waals surface area contributed by atoms with Gasteiger partial charge in [0.2, 0.25) is 0 Å². The third-order valence-corrected chi connectivity index (χ3v) is 4.10. The van der Waals surface area contributed by atoms with E-state index >= 15 is 0 Å². The van der Waals surface area contributed by atoms with Gasteiger partial charge in [0.1, 0.15) is 10.6 Å². The summed E-state index contributed by atoms with van der Waals surface area (Å²) in [6, 6.07) is 0. The molecule has 0 radical (unpaired) electrons. The first-order valence-electron chi connectivity index (χ1n) is 8.98. The van der Waals surface area contributed by atoms with Crippen LogP contribution < -0.4 is 10.6 Å². The number of likely N-dealkylation sites (N-methyl/N-ethyl adjacent to an activating group) is 1. The number of nitrogens with one attached hydrogen (secondary N) is 2. The average Bonchev–Trinajstić information content (AvgIpc) is 3.04. The van der Waals surface area contributed by atoms with Gasteiger partial charge in [-0.15, -0.1) is 35.3 Å². The Hall–Kier alpha value is -1.31. The predicted octanol–water partition coefficient (Wildman–Crippen LogP) is 4.09. The molecule has 0 aliphatic rings. The third-order valence-electron chi connectivity index (χ3n) is 3.27. The van der Waals surface area contributed by atoms with E-state index in [0.717, 1.165) is 16.7 Å². The molecule has 12 heteroatoms. The maximum Gasteiger partial charge on any atom is 0.434 e. The minimum Gasteiger partial charge on any atom is -0.444 e. The lowest BCUT2D eigenvalue weighted by Gasteiger charge is -2.26. The molecule has 2 N–H and O–H groups in total. The van der Waals surface area contributed by atoms with Crippen molar-refractivity contribution in [2.75, 3.05) is 26.2 Å². The molecule has 0 aliphatic heterocycles. The van der Waals surface area contributed by atoms with E-state index in [9.17, 15) is 18.0 Å². The number of guanidine groups is 1. The van der Waals surface area contributed by atoms with Crippen molar-refractivity contribution in [1.29, 1.82) is 0 Å². The van der Waals surface area contributed by atoms with Crippen molar-refractivity contribution in [2.24, 2.45) is 4.99 Å². The number of alkyl halides is 3. The molecule has 1 amide bonds. The van der Waals surface area contributed by atoms with Crippen LogP contribution in [-0.4, -0.2) is 53.7 Å². The number of aliphatic imine (C=N–C) groups is 1. The smallest absolute Gasteiger partial charge is 0.434 e. The molecule has 168 valence electrons. The highest BCUT2D eigenvalue weighted by molar-refractivity contribution is 14.0. The average molecular weight is 551 g/mol.